The third-order valence-electron chi connectivity index (χ3n) is 8.87. The van der Waals surface area contributed by atoms with Gasteiger partial charge in [-0.15, -0.1) is 0 Å². The van der Waals surface area contributed by atoms with Gasteiger partial charge >= 0.3 is 0 Å². The first-order valence-corrected chi connectivity index (χ1v) is 11.8. The van der Waals surface area contributed by atoms with E-state index in [2.05, 4.69) is 34.9 Å². The summed E-state index contributed by atoms with van der Waals surface area (Å²) >= 11 is 9.86. The van der Waals surface area contributed by atoms with Crippen LogP contribution in [0.3, 0.4) is 0 Å². The van der Waals surface area contributed by atoms with Gasteiger partial charge in [0.1, 0.15) is 0 Å². The first-order chi connectivity index (χ1) is 13.7. The van der Waals surface area contributed by atoms with Crippen molar-refractivity contribution in [1.29, 1.82) is 0 Å². The van der Waals surface area contributed by atoms with Crippen LogP contribution in [0.25, 0.3) is 0 Å². The molecular formula is C21H34N6S2. The van der Waals surface area contributed by atoms with Gasteiger partial charge in [0.15, 0.2) is 10.2 Å². The van der Waals surface area contributed by atoms with E-state index in [-0.39, 0.29) is 15.6 Å². The van der Waals surface area contributed by atoms with Gasteiger partial charge in [-0.3, -0.25) is 10.9 Å². The van der Waals surface area contributed by atoms with Crippen LogP contribution in [0.5, 0.6) is 0 Å². The quantitative estimate of drug-likeness (QED) is 0.392. The van der Waals surface area contributed by atoms with Crippen LogP contribution < -0.4 is 22.3 Å². The average Bonchev–Trinajstić information content (AvgIpc) is 3.01. The molecule has 4 aliphatic rings. The van der Waals surface area contributed by atoms with E-state index in [1.54, 1.807) is 0 Å². The van der Waals surface area contributed by atoms with Gasteiger partial charge in [-0.25, -0.2) is 0 Å². The minimum absolute atomic E-state index is 0.199. The molecule has 6 nitrogen and oxygen atoms in total. The van der Waals surface area contributed by atoms with Crippen LogP contribution in [0, 0.1) is 34.5 Å². The summed E-state index contributed by atoms with van der Waals surface area (Å²) in [5, 5.41) is 9.61. The van der Waals surface area contributed by atoms with Crippen molar-refractivity contribution in [3.05, 3.63) is 0 Å². The van der Waals surface area contributed by atoms with Gasteiger partial charge in [0.2, 0.25) is 0 Å². The standard InChI is InChI=1S/C21H34N6S2/c1-20-9-7-13(24-26-18(22)28)11-12(20)3-4-14-15-5-6-17(25-27-19(23)29)21(15,2)10-8-16(14)20/h12,14-16H,3-11H2,1-2H3,(H3,22,26,28)(H3,23,27,29)/b24-13-,25-17-/t12-,14?,15?,16?,20-,21-/m0/s1. The maximum absolute atomic E-state index is 5.61. The van der Waals surface area contributed by atoms with Gasteiger partial charge < -0.3 is 11.5 Å². The molecule has 4 rings (SSSR count). The Kier molecular flexibility index (Phi) is 5.61. The molecule has 0 amide bonds. The van der Waals surface area contributed by atoms with E-state index in [0.717, 1.165) is 42.9 Å². The van der Waals surface area contributed by atoms with Crippen molar-refractivity contribution in [1.82, 2.24) is 10.9 Å². The van der Waals surface area contributed by atoms with E-state index < -0.39 is 0 Å². The minimum Gasteiger partial charge on any atom is -0.375 e. The van der Waals surface area contributed by atoms with Crippen LogP contribution in [0.1, 0.15) is 71.6 Å². The Morgan fingerprint density at radius 3 is 2.38 bits per heavy atom. The number of rotatable bonds is 2. The summed E-state index contributed by atoms with van der Waals surface area (Å²) in [5.41, 5.74) is 20.0. The average molecular weight is 435 g/mol. The lowest BCUT2D eigenvalue weighted by molar-refractivity contribution is -0.0815. The highest BCUT2D eigenvalue weighted by Crippen LogP contribution is 2.65. The number of hydrogen-bond acceptors (Lipinski definition) is 4. The summed E-state index contributed by atoms with van der Waals surface area (Å²) in [6, 6.07) is 0. The molecule has 6 atom stereocenters. The molecule has 8 heteroatoms. The molecule has 0 heterocycles. The summed E-state index contributed by atoms with van der Waals surface area (Å²) in [5.74, 6) is 3.07. The van der Waals surface area contributed by atoms with Gasteiger partial charge in [-0.2, -0.15) is 10.2 Å². The molecule has 0 saturated heterocycles. The molecule has 3 unspecified atom stereocenters. The monoisotopic (exact) mass is 434 g/mol. The van der Waals surface area contributed by atoms with Crippen molar-refractivity contribution in [2.24, 2.45) is 56.2 Å². The second kappa shape index (κ2) is 7.76. The Labute approximate surface area is 184 Å². The third-order valence-corrected chi connectivity index (χ3v) is 9.05. The number of hydrogen-bond donors (Lipinski definition) is 4. The molecule has 0 aliphatic heterocycles. The van der Waals surface area contributed by atoms with Crippen LogP contribution in [0.2, 0.25) is 0 Å². The van der Waals surface area contributed by atoms with Crippen LogP contribution in [-0.4, -0.2) is 21.6 Å². The highest BCUT2D eigenvalue weighted by Gasteiger charge is 2.59. The second-order valence-corrected chi connectivity index (χ2v) is 10.9. The Balaban J connectivity index is 1.51. The molecule has 0 aromatic carbocycles. The molecule has 4 aliphatic carbocycles. The molecule has 0 aromatic rings. The largest absolute Gasteiger partial charge is 0.375 e. The van der Waals surface area contributed by atoms with Crippen molar-refractivity contribution in [2.45, 2.75) is 71.6 Å². The van der Waals surface area contributed by atoms with Gasteiger partial charge in [0.05, 0.1) is 0 Å². The molecular weight excluding hydrogens is 400 g/mol. The van der Waals surface area contributed by atoms with E-state index in [1.807, 2.05) is 0 Å². The van der Waals surface area contributed by atoms with Gasteiger partial charge in [-0.1, -0.05) is 13.8 Å². The zero-order valence-electron chi connectivity index (χ0n) is 17.5. The van der Waals surface area contributed by atoms with Crippen molar-refractivity contribution in [3.8, 4) is 0 Å². The highest BCUT2D eigenvalue weighted by molar-refractivity contribution is 7.80. The smallest absolute Gasteiger partial charge is 0.184 e. The maximum Gasteiger partial charge on any atom is 0.184 e. The number of nitrogens with two attached hydrogens (primary N) is 2. The fourth-order valence-electron chi connectivity index (χ4n) is 7.39. The first-order valence-electron chi connectivity index (χ1n) is 11.0. The van der Waals surface area contributed by atoms with E-state index in [0.29, 0.717) is 5.41 Å². The van der Waals surface area contributed by atoms with Gasteiger partial charge in [-0.05, 0) is 111 Å². The minimum atomic E-state index is 0.199. The molecule has 6 N–H and O–H groups in total. The molecule has 0 spiro atoms. The molecule has 4 fully saturated rings. The summed E-state index contributed by atoms with van der Waals surface area (Å²) in [6.07, 6.45) is 10.8. The molecule has 29 heavy (non-hydrogen) atoms. The Morgan fingerprint density at radius 1 is 0.931 bits per heavy atom. The van der Waals surface area contributed by atoms with Gasteiger partial charge in [0, 0.05) is 16.8 Å². The van der Waals surface area contributed by atoms with E-state index in [9.17, 15) is 0 Å². The molecule has 0 aromatic heterocycles. The van der Waals surface area contributed by atoms with Crippen molar-refractivity contribution < 1.29 is 0 Å². The van der Waals surface area contributed by atoms with Gasteiger partial charge in [0.25, 0.3) is 0 Å². The van der Waals surface area contributed by atoms with E-state index >= 15 is 0 Å². The number of nitrogens with one attached hydrogen (secondary N) is 2. The SMILES string of the molecule is C[C@]12CCC3C(CC[C@H]4C/C(=N\NC(N)=S)CC[C@]34C)C1CC/C2=N/NC(N)=S. The molecule has 160 valence electrons. The van der Waals surface area contributed by atoms with Crippen LogP contribution in [0.4, 0.5) is 0 Å². The fraction of sp³-hybridized carbons (Fsp3) is 0.810. The number of nitrogens with zero attached hydrogens (tertiary/aromatic N) is 2. The fourth-order valence-corrected chi connectivity index (χ4v) is 7.48. The lowest BCUT2D eigenvalue weighted by Crippen LogP contribution is -2.53. The van der Waals surface area contributed by atoms with Crippen LogP contribution in [-0.2, 0) is 0 Å². The maximum atomic E-state index is 5.61. The molecule has 0 radical (unpaired) electrons. The van der Waals surface area contributed by atoms with E-state index in [1.165, 1.54) is 49.9 Å². The number of hydrazone groups is 2. The van der Waals surface area contributed by atoms with Crippen molar-refractivity contribution in [3.63, 3.8) is 0 Å². The second-order valence-electron chi connectivity index (χ2n) is 10.0. The summed E-state index contributed by atoms with van der Waals surface area (Å²) in [6.45, 7) is 5.00. The Hall–Kier alpha value is -1.28. The van der Waals surface area contributed by atoms with E-state index in [4.69, 9.17) is 35.9 Å². The normalized spacial score (nSPS) is 43.9. The zero-order chi connectivity index (χ0) is 20.8. The van der Waals surface area contributed by atoms with Crippen molar-refractivity contribution in [2.75, 3.05) is 0 Å². The highest BCUT2D eigenvalue weighted by atomic mass is 32.1. The lowest BCUT2D eigenvalue weighted by Gasteiger charge is -2.59. The lowest BCUT2D eigenvalue weighted by atomic mass is 9.45. The van der Waals surface area contributed by atoms with Crippen LogP contribution >= 0.6 is 24.4 Å². The first kappa shape index (κ1) is 21.0. The molecule has 4 saturated carbocycles. The zero-order valence-corrected chi connectivity index (χ0v) is 19.2. The predicted octanol–water partition coefficient (Wildman–Crippen LogP) is 3.41. The summed E-state index contributed by atoms with van der Waals surface area (Å²) < 4.78 is 0. The van der Waals surface area contributed by atoms with Crippen LogP contribution in [0.15, 0.2) is 10.2 Å². The molecule has 0 bridgehead atoms. The summed E-state index contributed by atoms with van der Waals surface area (Å²) in [4.78, 5) is 0. The Bertz CT molecular complexity index is 764. The number of thiocarbonyl (C=S) groups is 2. The topological polar surface area (TPSA) is 101 Å². The summed E-state index contributed by atoms with van der Waals surface area (Å²) in [7, 11) is 0. The predicted molar refractivity (Wildman–Crippen MR) is 126 cm³/mol. The third kappa shape index (κ3) is 3.67. The van der Waals surface area contributed by atoms with Crippen molar-refractivity contribution >= 4 is 46.1 Å². The Morgan fingerprint density at radius 2 is 1.66 bits per heavy atom. The number of fused-ring (bicyclic) bond motifs is 5.